The van der Waals surface area contributed by atoms with E-state index < -0.39 is 35.1 Å². The Morgan fingerprint density at radius 1 is 1.17 bits per heavy atom. The van der Waals surface area contributed by atoms with Crippen molar-refractivity contribution in [1.29, 1.82) is 0 Å². The highest BCUT2D eigenvalue weighted by Gasteiger charge is 2.23. The number of nitrogens with one attached hydrogen (secondary N) is 1. The number of carboxylic acids is 1. The summed E-state index contributed by atoms with van der Waals surface area (Å²) >= 11 is 3.27. The molecule has 0 bridgehead atoms. The van der Waals surface area contributed by atoms with Crippen LogP contribution >= 0.6 is 15.9 Å². The SMILES string of the molecule is O=C(N[C@@H](Cc1cccc(Br)c1)C(=O)O)c1ccc(F)cc1F. The summed E-state index contributed by atoms with van der Waals surface area (Å²) in [6.45, 7) is 0. The molecule has 2 aromatic carbocycles. The van der Waals surface area contributed by atoms with E-state index in [4.69, 9.17) is 0 Å². The lowest BCUT2D eigenvalue weighted by Gasteiger charge is -2.15. The zero-order chi connectivity index (χ0) is 17.0. The number of rotatable bonds is 5. The fraction of sp³-hybridized carbons (Fsp3) is 0.125. The van der Waals surface area contributed by atoms with Crippen molar-refractivity contribution in [1.82, 2.24) is 5.32 Å². The lowest BCUT2D eigenvalue weighted by Crippen LogP contribution is -2.42. The Bertz CT molecular complexity index is 752. The van der Waals surface area contributed by atoms with Gasteiger partial charge in [-0.2, -0.15) is 0 Å². The summed E-state index contributed by atoms with van der Waals surface area (Å²) in [5.74, 6) is -4.03. The van der Waals surface area contributed by atoms with E-state index in [0.29, 0.717) is 11.6 Å². The van der Waals surface area contributed by atoms with E-state index in [1.165, 1.54) is 0 Å². The van der Waals surface area contributed by atoms with E-state index in [0.717, 1.165) is 16.6 Å². The van der Waals surface area contributed by atoms with E-state index in [1.807, 2.05) is 0 Å². The van der Waals surface area contributed by atoms with Crippen molar-refractivity contribution in [3.8, 4) is 0 Å². The molecule has 1 atom stereocenters. The van der Waals surface area contributed by atoms with Gasteiger partial charge in [0.05, 0.1) is 5.56 Å². The number of benzene rings is 2. The van der Waals surface area contributed by atoms with Gasteiger partial charge in [0.2, 0.25) is 0 Å². The van der Waals surface area contributed by atoms with E-state index in [9.17, 15) is 23.5 Å². The minimum atomic E-state index is -1.25. The van der Waals surface area contributed by atoms with Crippen LogP contribution < -0.4 is 5.32 Å². The van der Waals surface area contributed by atoms with Gasteiger partial charge in [-0.1, -0.05) is 28.1 Å². The van der Waals surface area contributed by atoms with Gasteiger partial charge in [-0.25, -0.2) is 13.6 Å². The van der Waals surface area contributed by atoms with E-state index in [1.54, 1.807) is 24.3 Å². The Morgan fingerprint density at radius 3 is 2.52 bits per heavy atom. The van der Waals surface area contributed by atoms with Crippen LogP contribution in [0, 0.1) is 11.6 Å². The molecule has 0 spiro atoms. The highest BCUT2D eigenvalue weighted by molar-refractivity contribution is 9.10. The number of carbonyl (C=O) groups excluding carboxylic acids is 1. The molecule has 0 saturated carbocycles. The second-order valence-corrected chi connectivity index (χ2v) is 5.74. The zero-order valence-electron chi connectivity index (χ0n) is 11.7. The molecule has 0 saturated heterocycles. The Morgan fingerprint density at radius 2 is 1.91 bits per heavy atom. The van der Waals surface area contributed by atoms with Gasteiger partial charge in [0.15, 0.2) is 0 Å². The van der Waals surface area contributed by atoms with Crippen LogP contribution in [0.3, 0.4) is 0 Å². The molecule has 2 N–H and O–H groups in total. The standard InChI is InChI=1S/C16H12BrF2NO3/c17-10-3-1-2-9(6-10)7-14(16(22)23)20-15(21)12-5-4-11(18)8-13(12)19/h1-6,8,14H,7H2,(H,20,21)(H,22,23)/t14-/m0/s1. The third kappa shape index (κ3) is 4.59. The second kappa shape index (κ2) is 7.32. The summed E-state index contributed by atoms with van der Waals surface area (Å²) in [7, 11) is 0. The average Bonchev–Trinajstić information content (AvgIpc) is 2.46. The molecule has 0 aromatic heterocycles. The maximum atomic E-state index is 13.6. The predicted octanol–water partition coefficient (Wildman–Crippen LogP) is 3.15. The maximum Gasteiger partial charge on any atom is 0.326 e. The quantitative estimate of drug-likeness (QED) is 0.833. The van der Waals surface area contributed by atoms with E-state index >= 15 is 0 Å². The molecule has 0 radical (unpaired) electrons. The first-order valence-electron chi connectivity index (χ1n) is 6.60. The zero-order valence-corrected chi connectivity index (χ0v) is 13.3. The van der Waals surface area contributed by atoms with Gasteiger partial charge in [-0.3, -0.25) is 4.79 Å². The number of carboxylic acid groups (broad SMARTS) is 1. The van der Waals surface area contributed by atoms with Crippen LogP contribution in [-0.2, 0) is 11.2 Å². The predicted molar refractivity (Wildman–Crippen MR) is 83.1 cm³/mol. The number of hydrogen-bond donors (Lipinski definition) is 2. The molecule has 23 heavy (non-hydrogen) atoms. The summed E-state index contributed by atoms with van der Waals surface area (Å²) in [5.41, 5.74) is 0.276. The van der Waals surface area contributed by atoms with Crippen molar-refractivity contribution in [3.05, 3.63) is 69.7 Å². The molecule has 120 valence electrons. The molecule has 4 nitrogen and oxygen atoms in total. The molecule has 0 unspecified atom stereocenters. The summed E-state index contributed by atoms with van der Waals surface area (Å²) in [5, 5.41) is 11.5. The van der Waals surface area contributed by atoms with Gasteiger partial charge in [0, 0.05) is 17.0 Å². The van der Waals surface area contributed by atoms with Crippen LogP contribution in [0.15, 0.2) is 46.9 Å². The van der Waals surface area contributed by atoms with Crippen LogP contribution in [0.5, 0.6) is 0 Å². The number of carbonyl (C=O) groups is 2. The van der Waals surface area contributed by atoms with Gasteiger partial charge >= 0.3 is 5.97 Å². The minimum Gasteiger partial charge on any atom is -0.480 e. The largest absolute Gasteiger partial charge is 0.480 e. The Balaban J connectivity index is 2.16. The van der Waals surface area contributed by atoms with E-state index in [2.05, 4.69) is 21.2 Å². The number of amides is 1. The first-order chi connectivity index (χ1) is 10.9. The van der Waals surface area contributed by atoms with Gasteiger partial charge in [0.25, 0.3) is 5.91 Å². The monoisotopic (exact) mass is 383 g/mol. The second-order valence-electron chi connectivity index (χ2n) is 4.82. The van der Waals surface area contributed by atoms with Crippen LogP contribution in [0.2, 0.25) is 0 Å². The summed E-state index contributed by atoms with van der Waals surface area (Å²) in [6.07, 6.45) is 0.0311. The fourth-order valence-electron chi connectivity index (χ4n) is 2.01. The van der Waals surface area contributed by atoms with Crippen LogP contribution in [0.25, 0.3) is 0 Å². The molecule has 0 aliphatic heterocycles. The smallest absolute Gasteiger partial charge is 0.326 e. The fourth-order valence-corrected chi connectivity index (χ4v) is 2.46. The van der Waals surface area contributed by atoms with Crippen LogP contribution in [-0.4, -0.2) is 23.0 Å². The first kappa shape index (κ1) is 17.1. The highest BCUT2D eigenvalue weighted by Crippen LogP contribution is 2.14. The summed E-state index contributed by atoms with van der Waals surface area (Å²) in [4.78, 5) is 23.3. The molecule has 2 aromatic rings. The molecule has 0 aliphatic carbocycles. The molecular formula is C16H12BrF2NO3. The number of halogens is 3. The molecule has 0 fully saturated rings. The average molecular weight is 384 g/mol. The van der Waals surface area contributed by atoms with Crippen molar-refractivity contribution >= 4 is 27.8 Å². The molecular weight excluding hydrogens is 372 g/mol. The normalized spacial score (nSPS) is 11.8. The van der Waals surface area contributed by atoms with Crippen molar-refractivity contribution in [2.75, 3.05) is 0 Å². The summed E-state index contributed by atoms with van der Waals surface area (Å²) in [6, 6.07) is 8.19. The van der Waals surface area contributed by atoms with Crippen molar-refractivity contribution < 1.29 is 23.5 Å². The lowest BCUT2D eigenvalue weighted by atomic mass is 10.1. The topological polar surface area (TPSA) is 66.4 Å². The van der Waals surface area contributed by atoms with Crippen molar-refractivity contribution in [2.24, 2.45) is 0 Å². The third-order valence-corrected chi connectivity index (χ3v) is 3.60. The van der Waals surface area contributed by atoms with Gasteiger partial charge < -0.3 is 10.4 Å². The molecule has 7 heteroatoms. The highest BCUT2D eigenvalue weighted by atomic mass is 79.9. The molecule has 0 aliphatic rings. The van der Waals surface area contributed by atoms with Crippen molar-refractivity contribution in [2.45, 2.75) is 12.5 Å². The lowest BCUT2D eigenvalue weighted by molar-refractivity contribution is -0.139. The number of hydrogen-bond acceptors (Lipinski definition) is 2. The maximum absolute atomic E-state index is 13.6. The Hall–Kier alpha value is -2.28. The van der Waals surface area contributed by atoms with Crippen LogP contribution in [0.4, 0.5) is 8.78 Å². The molecule has 1 amide bonds. The first-order valence-corrected chi connectivity index (χ1v) is 7.39. The Labute approximate surface area is 139 Å². The molecule has 0 heterocycles. The third-order valence-electron chi connectivity index (χ3n) is 3.11. The van der Waals surface area contributed by atoms with E-state index in [-0.39, 0.29) is 6.42 Å². The molecule has 2 rings (SSSR count). The van der Waals surface area contributed by atoms with Gasteiger partial charge in [-0.15, -0.1) is 0 Å². The van der Waals surface area contributed by atoms with Gasteiger partial charge in [0.1, 0.15) is 17.7 Å². The minimum absolute atomic E-state index is 0.0311. The van der Waals surface area contributed by atoms with Crippen LogP contribution in [0.1, 0.15) is 15.9 Å². The van der Waals surface area contributed by atoms with Crippen molar-refractivity contribution in [3.63, 3.8) is 0 Å². The van der Waals surface area contributed by atoms with Gasteiger partial charge in [-0.05, 0) is 29.8 Å². The number of aliphatic carboxylic acids is 1. The Kier molecular flexibility index (Phi) is 5.44. The summed E-state index contributed by atoms with van der Waals surface area (Å²) < 4.78 is 27.2.